The van der Waals surface area contributed by atoms with Gasteiger partial charge in [-0.25, -0.2) is 9.97 Å². The van der Waals surface area contributed by atoms with Gasteiger partial charge in [0.2, 0.25) is 0 Å². The van der Waals surface area contributed by atoms with E-state index in [1.807, 2.05) is 6.92 Å². The molecule has 0 radical (unpaired) electrons. The highest BCUT2D eigenvalue weighted by atomic mass is 16.5. The fourth-order valence-corrected chi connectivity index (χ4v) is 6.65. The summed E-state index contributed by atoms with van der Waals surface area (Å²) < 4.78 is 4.95. The van der Waals surface area contributed by atoms with Crippen molar-refractivity contribution in [2.75, 3.05) is 7.11 Å². The number of esters is 1. The van der Waals surface area contributed by atoms with Crippen molar-refractivity contribution in [3.8, 4) is 0 Å². The van der Waals surface area contributed by atoms with E-state index in [1.165, 1.54) is 29.4 Å². The van der Waals surface area contributed by atoms with Crippen LogP contribution in [-0.4, -0.2) is 38.8 Å². The first-order valence-corrected chi connectivity index (χ1v) is 14.4. The van der Waals surface area contributed by atoms with Crippen LogP contribution in [0.2, 0.25) is 0 Å². The predicted molar refractivity (Wildman–Crippen MR) is 164 cm³/mol. The van der Waals surface area contributed by atoms with Gasteiger partial charge >= 0.3 is 5.97 Å². The Morgan fingerprint density at radius 1 is 0.854 bits per heavy atom. The minimum atomic E-state index is -0.266. The summed E-state index contributed by atoms with van der Waals surface area (Å²) in [4.78, 5) is 43.0. The molecule has 2 N–H and O–H groups in total. The van der Waals surface area contributed by atoms with Crippen LogP contribution in [0.4, 0.5) is 0 Å². The normalized spacial score (nSPS) is 14.5. The SMILES string of the molecule is CCC1=C(C)c2cc3[nH]c(cc4nc(c5c6[nH]c(cc1n2)c(C)c6C(=O)C5)C(CCC(=O)OC)=C4C)c(C)c3CC. The quantitative estimate of drug-likeness (QED) is 0.322. The van der Waals surface area contributed by atoms with Crippen LogP contribution in [-0.2, 0) is 22.4 Å². The Morgan fingerprint density at radius 2 is 1.51 bits per heavy atom. The van der Waals surface area contributed by atoms with Gasteiger partial charge in [-0.05, 0) is 104 Å². The number of methoxy groups -OCH3 is 1. The molecular weight excluding hydrogens is 512 g/mol. The summed E-state index contributed by atoms with van der Waals surface area (Å²) in [5.74, 6) is -0.180. The molecule has 3 aliphatic rings. The zero-order valence-electron chi connectivity index (χ0n) is 24.9. The van der Waals surface area contributed by atoms with Crippen LogP contribution in [0, 0.1) is 13.8 Å². The summed E-state index contributed by atoms with van der Waals surface area (Å²) in [5, 5.41) is 0. The standard InChI is InChI=1S/C34H36N4O3/c1-8-20-16(3)24-13-26-18(5)22(10-11-31(40)41-7)33(37-26)23-12-30(39)32-19(6)27(38-34(23)32)15-29-21(9-2)17(4)25(36-29)14-28(20)35-24/h13-15,35,38H,8-12H2,1-7H3. The molecule has 0 spiro atoms. The Kier molecular flexibility index (Phi) is 6.56. The molecule has 8 bridgehead atoms. The Labute approximate surface area is 239 Å². The van der Waals surface area contributed by atoms with Crippen LogP contribution in [0.25, 0.3) is 44.4 Å². The number of aryl methyl sites for hydroxylation is 3. The van der Waals surface area contributed by atoms with Crippen molar-refractivity contribution in [3.05, 3.63) is 68.8 Å². The summed E-state index contributed by atoms with van der Waals surface area (Å²) in [5.41, 5.74) is 16.7. The molecule has 0 saturated heterocycles. The van der Waals surface area contributed by atoms with Crippen LogP contribution < -0.4 is 0 Å². The number of rotatable bonds is 5. The van der Waals surface area contributed by atoms with Crippen molar-refractivity contribution in [2.24, 2.45) is 0 Å². The maximum atomic E-state index is 13.4. The molecule has 0 aromatic carbocycles. The molecule has 1 aliphatic carbocycles. The first kappa shape index (κ1) is 26.9. The van der Waals surface area contributed by atoms with Crippen LogP contribution in [0.3, 0.4) is 0 Å². The number of H-pyrrole nitrogens is 2. The van der Waals surface area contributed by atoms with Crippen LogP contribution in [0.15, 0.2) is 18.2 Å². The average Bonchev–Trinajstić information content (AvgIpc) is 3.70. The Balaban J connectivity index is 1.77. The van der Waals surface area contributed by atoms with Gasteiger partial charge in [-0.1, -0.05) is 13.8 Å². The van der Waals surface area contributed by atoms with Gasteiger partial charge in [0, 0.05) is 40.5 Å². The topological polar surface area (TPSA) is 101 Å². The fraction of sp³-hybridized carbons (Fsp3) is 0.353. The lowest BCUT2D eigenvalue weighted by atomic mass is 9.98. The molecule has 7 nitrogen and oxygen atoms in total. The lowest BCUT2D eigenvalue weighted by Gasteiger charge is -2.06. The molecule has 2 aliphatic heterocycles. The third-order valence-corrected chi connectivity index (χ3v) is 9.04. The number of ketones is 1. The lowest BCUT2D eigenvalue weighted by Crippen LogP contribution is -2.02. The molecule has 3 aromatic heterocycles. The Hall–Kier alpha value is -4.26. The van der Waals surface area contributed by atoms with Crippen molar-refractivity contribution in [1.82, 2.24) is 19.9 Å². The number of aromatic amines is 2. The number of allylic oxidation sites excluding steroid dienone is 4. The van der Waals surface area contributed by atoms with Gasteiger partial charge < -0.3 is 14.7 Å². The highest BCUT2D eigenvalue weighted by Crippen LogP contribution is 2.41. The van der Waals surface area contributed by atoms with Crippen LogP contribution in [0.5, 0.6) is 0 Å². The number of carbonyl (C=O) groups is 2. The zero-order chi connectivity index (χ0) is 29.2. The van der Waals surface area contributed by atoms with Crippen LogP contribution in [0.1, 0.15) is 102 Å². The van der Waals surface area contributed by atoms with Gasteiger partial charge in [-0.3, -0.25) is 9.59 Å². The molecular formula is C34H36N4O3. The van der Waals surface area contributed by atoms with E-state index >= 15 is 0 Å². The highest BCUT2D eigenvalue weighted by molar-refractivity contribution is 6.14. The molecule has 41 heavy (non-hydrogen) atoms. The third-order valence-electron chi connectivity index (χ3n) is 9.04. The van der Waals surface area contributed by atoms with Gasteiger partial charge in [-0.15, -0.1) is 0 Å². The predicted octanol–water partition coefficient (Wildman–Crippen LogP) is 7.46. The van der Waals surface area contributed by atoms with E-state index in [-0.39, 0.29) is 24.6 Å². The number of hydrogen-bond acceptors (Lipinski definition) is 5. The smallest absolute Gasteiger partial charge is 0.305 e. The van der Waals surface area contributed by atoms with Crippen molar-refractivity contribution >= 4 is 56.1 Å². The monoisotopic (exact) mass is 548 g/mol. The van der Waals surface area contributed by atoms with E-state index in [1.54, 1.807) is 0 Å². The highest BCUT2D eigenvalue weighted by Gasteiger charge is 2.31. The minimum Gasteiger partial charge on any atom is -0.469 e. The zero-order valence-corrected chi connectivity index (χ0v) is 24.9. The maximum absolute atomic E-state index is 13.4. The lowest BCUT2D eigenvalue weighted by molar-refractivity contribution is -0.140. The molecule has 0 unspecified atom stereocenters. The molecule has 3 aromatic rings. The first-order chi connectivity index (χ1) is 19.7. The van der Waals surface area contributed by atoms with Gasteiger partial charge in [0.15, 0.2) is 5.78 Å². The van der Waals surface area contributed by atoms with Gasteiger partial charge in [-0.2, -0.15) is 0 Å². The second kappa shape index (κ2) is 9.98. The minimum absolute atomic E-state index is 0.0865. The van der Waals surface area contributed by atoms with Crippen molar-refractivity contribution in [1.29, 1.82) is 0 Å². The van der Waals surface area contributed by atoms with Gasteiger partial charge in [0.1, 0.15) is 0 Å². The van der Waals surface area contributed by atoms with Crippen LogP contribution >= 0.6 is 0 Å². The van der Waals surface area contributed by atoms with Gasteiger partial charge in [0.25, 0.3) is 0 Å². The average molecular weight is 549 g/mol. The second-order valence-corrected chi connectivity index (χ2v) is 11.2. The Bertz CT molecular complexity index is 1900. The Morgan fingerprint density at radius 3 is 2.22 bits per heavy atom. The number of nitrogens with one attached hydrogen (secondary N) is 2. The molecule has 0 amide bonds. The number of hydrogen-bond donors (Lipinski definition) is 2. The summed E-state index contributed by atoms with van der Waals surface area (Å²) >= 11 is 0. The molecule has 210 valence electrons. The van der Waals surface area contributed by atoms with E-state index in [0.29, 0.717) is 6.42 Å². The molecule has 0 saturated carbocycles. The van der Waals surface area contributed by atoms with Crippen molar-refractivity contribution in [3.63, 3.8) is 0 Å². The van der Waals surface area contributed by atoms with Crippen molar-refractivity contribution < 1.29 is 14.3 Å². The number of fused-ring (bicyclic) bond motifs is 8. The molecule has 0 atom stereocenters. The molecule has 0 fully saturated rings. The largest absolute Gasteiger partial charge is 0.469 e. The van der Waals surface area contributed by atoms with E-state index in [9.17, 15) is 9.59 Å². The molecule has 7 heteroatoms. The van der Waals surface area contributed by atoms with Gasteiger partial charge in [0.05, 0.1) is 35.4 Å². The van der Waals surface area contributed by atoms with E-state index in [4.69, 9.17) is 14.7 Å². The number of carbonyl (C=O) groups excluding carboxylic acids is 2. The summed E-state index contributed by atoms with van der Waals surface area (Å²) in [6, 6.07) is 6.35. The van der Waals surface area contributed by atoms with Crippen molar-refractivity contribution in [2.45, 2.75) is 73.6 Å². The number of Topliss-reactive ketones (excluding diaryl/α,β-unsaturated/α-hetero) is 1. The summed E-state index contributed by atoms with van der Waals surface area (Å²) in [7, 11) is 1.41. The van der Waals surface area contributed by atoms with E-state index in [0.717, 1.165) is 85.5 Å². The number of aromatic nitrogens is 4. The first-order valence-electron chi connectivity index (χ1n) is 14.4. The van der Waals surface area contributed by atoms with E-state index < -0.39 is 0 Å². The molecule has 6 rings (SSSR count). The number of nitrogens with zero attached hydrogens (tertiary/aromatic N) is 2. The molecule has 5 heterocycles. The second-order valence-electron chi connectivity index (χ2n) is 11.2. The maximum Gasteiger partial charge on any atom is 0.305 e. The third kappa shape index (κ3) is 4.17. The fourth-order valence-electron chi connectivity index (χ4n) is 6.65. The van der Waals surface area contributed by atoms with E-state index in [2.05, 4.69) is 62.8 Å². The summed E-state index contributed by atoms with van der Waals surface area (Å²) in [6.45, 7) is 12.7. The number of ether oxygens (including phenoxy) is 1. The summed E-state index contributed by atoms with van der Waals surface area (Å²) in [6.07, 6.45) is 2.76.